The van der Waals surface area contributed by atoms with Crippen molar-refractivity contribution in [3.05, 3.63) is 42.9 Å². The second-order valence-electron chi connectivity index (χ2n) is 2.60. The lowest BCUT2D eigenvalue weighted by Gasteiger charge is -2.01. The molecule has 4 heteroatoms. The van der Waals surface area contributed by atoms with E-state index in [0.717, 1.165) is 9.79 Å². The Hall–Kier alpha value is -1.13. The van der Waals surface area contributed by atoms with E-state index in [-0.39, 0.29) is 0 Å². The summed E-state index contributed by atoms with van der Waals surface area (Å²) >= 11 is 6.68. The van der Waals surface area contributed by atoms with Gasteiger partial charge in [0.1, 0.15) is 5.03 Å². The van der Waals surface area contributed by atoms with Gasteiger partial charge in [-0.05, 0) is 24.3 Å². The first-order valence-electron chi connectivity index (χ1n) is 4.06. The van der Waals surface area contributed by atoms with E-state index in [1.807, 2.05) is 30.5 Å². The molecule has 0 aliphatic heterocycles. The smallest absolute Gasteiger partial charge is 0.140 e. The predicted octanol–water partition coefficient (Wildman–Crippen LogP) is 3.18. The van der Waals surface area contributed by atoms with Crippen LogP contribution in [0.25, 0.3) is 0 Å². The summed E-state index contributed by atoms with van der Waals surface area (Å²) in [4.78, 5) is 10.2. The minimum absolute atomic E-state index is 0.640. The molecular weight excluding hydrogens is 212 g/mol. The summed E-state index contributed by atoms with van der Waals surface area (Å²) in [5.74, 6) is 0. The van der Waals surface area contributed by atoms with Gasteiger partial charge in [0.2, 0.25) is 0 Å². The van der Waals surface area contributed by atoms with Crippen molar-refractivity contribution in [2.24, 2.45) is 0 Å². The summed E-state index contributed by atoms with van der Waals surface area (Å²) in [5, 5.41) is 0.640. The molecule has 0 aromatic carbocycles. The Kier molecular flexibility index (Phi) is 2.96. The van der Waals surface area contributed by atoms with Gasteiger partial charge in [0.15, 0.2) is 0 Å². The van der Waals surface area contributed by atoms with Crippen LogP contribution in [0.3, 0.4) is 0 Å². The highest BCUT2D eigenvalue weighted by Gasteiger charge is 2.01. The lowest BCUT2D eigenvalue weighted by molar-refractivity contribution is 1.04. The van der Waals surface area contributed by atoms with Crippen molar-refractivity contribution in [2.75, 3.05) is 0 Å². The zero-order valence-corrected chi connectivity index (χ0v) is 8.89. The van der Waals surface area contributed by atoms with Crippen molar-refractivity contribution in [2.45, 2.75) is 14.8 Å². The summed E-state index contributed by atoms with van der Waals surface area (Å²) in [6.07, 6.45) is 5.27. The van der Waals surface area contributed by atoms with E-state index >= 15 is 0 Å². The van der Waals surface area contributed by atoms with Crippen LogP contribution in [0.2, 0.25) is 0 Å². The minimum Gasteiger partial charge on any atom is -0.264 e. The summed E-state index contributed by atoms with van der Waals surface area (Å²) in [6.45, 7) is 0. The molecule has 0 aliphatic rings. The average molecular weight is 219 g/mol. The van der Waals surface area contributed by atoms with Gasteiger partial charge < -0.3 is 0 Å². The number of pyridine rings is 2. The third-order valence-electron chi connectivity index (χ3n) is 1.60. The molecule has 0 saturated carbocycles. The SMILES string of the molecule is [S]c1ncccc1Sc1cccnc1. The molecule has 69 valence electrons. The second-order valence-corrected chi connectivity index (χ2v) is 4.10. The first-order chi connectivity index (χ1) is 6.86. The van der Waals surface area contributed by atoms with Crippen LogP contribution in [-0.4, -0.2) is 9.97 Å². The van der Waals surface area contributed by atoms with Crippen LogP contribution in [-0.2, 0) is 0 Å². The Labute approximate surface area is 92.2 Å². The first kappa shape index (κ1) is 9.43. The molecule has 14 heavy (non-hydrogen) atoms. The fraction of sp³-hybridized carbons (Fsp3) is 0. The van der Waals surface area contributed by atoms with E-state index in [1.54, 1.807) is 24.2 Å². The van der Waals surface area contributed by atoms with Crippen LogP contribution in [0, 0.1) is 0 Å². The zero-order valence-electron chi connectivity index (χ0n) is 7.25. The van der Waals surface area contributed by atoms with Crippen LogP contribution in [0.5, 0.6) is 0 Å². The van der Waals surface area contributed by atoms with Crippen molar-refractivity contribution in [3.8, 4) is 0 Å². The highest BCUT2D eigenvalue weighted by molar-refractivity contribution is 7.99. The molecule has 0 saturated heterocycles. The van der Waals surface area contributed by atoms with E-state index in [0.29, 0.717) is 5.03 Å². The van der Waals surface area contributed by atoms with Crippen molar-refractivity contribution in [1.29, 1.82) is 0 Å². The van der Waals surface area contributed by atoms with Crippen LogP contribution >= 0.6 is 24.4 Å². The third-order valence-corrected chi connectivity index (χ3v) is 3.08. The van der Waals surface area contributed by atoms with Gasteiger partial charge in [-0.25, -0.2) is 4.98 Å². The maximum Gasteiger partial charge on any atom is 0.140 e. The summed E-state index contributed by atoms with van der Waals surface area (Å²) < 4.78 is 0. The molecule has 2 aromatic rings. The molecule has 2 aromatic heterocycles. The molecule has 0 N–H and O–H groups in total. The number of rotatable bonds is 2. The minimum atomic E-state index is 0.640. The molecule has 0 fully saturated rings. The summed E-state index contributed by atoms with van der Waals surface area (Å²) in [7, 11) is 0. The molecule has 0 amide bonds. The average Bonchev–Trinajstić information content (AvgIpc) is 2.23. The van der Waals surface area contributed by atoms with Gasteiger partial charge in [-0.2, -0.15) is 0 Å². The topological polar surface area (TPSA) is 25.8 Å². The van der Waals surface area contributed by atoms with Crippen LogP contribution < -0.4 is 0 Å². The van der Waals surface area contributed by atoms with Gasteiger partial charge in [-0.15, -0.1) is 0 Å². The van der Waals surface area contributed by atoms with Crippen molar-refractivity contribution in [1.82, 2.24) is 9.97 Å². The highest BCUT2D eigenvalue weighted by Crippen LogP contribution is 2.29. The molecule has 0 bridgehead atoms. The molecule has 0 spiro atoms. The molecule has 0 atom stereocenters. The Balaban J connectivity index is 2.24. The van der Waals surface area contributed by atoms with E-state index in [2.05, 4.69) is 9.97 Å². The van der Waals surface area contributed by atoms with Gasteiger partial charge >= 0.3 is 0 Å². The molecular formula is C10H7N2S2. The number of hydrogen-bond acceptors (Lipinski definition) is 3. The van der Waals surface area contributed by atoms with Crippen LogP contribution in [0.4, 0.5) is 0 Å². The van der Waals surface area contributed by atoms with E-state index < -0.39 is 0 Å². The fourth-order valence-corrected chi connectivity index (χ4v) is 2.04. The van der Waals surface area contributed by atoms with Gasteiger partial charge in [0.25, 0.3) is 0 Å². The van der Waals surface area contributed by atoms with E-state index in [1.165, 1.54) is 0 Å². The van der Waals surface area contributed by atoms with Crippen molar-refractivity contribution >= 4 is 24.4 Å². The quantitative estimate of drug-likeness (QED) is 0.775. The van der Waals surface area contributed by atoms with Crippen molar-refractivity contribution < 1.29 is 0 Å². The van der Waals surface area contributed by atoms with Gasteiger partial charge in [-0.3, -0.25) is 4.98 Å². The number of hydrogen-bond donors (Lipinski definition) is 0. The molecule has 2 heterocycles. The Morgan fingerprint density at radius 1 is 1.14 bits per heavy atom. The summed E-state index contributed by atoms with van der Waals surface area (Å²) in [5.41, 5.74) is 0. The van der Waals surface area contributed by atoms with Gasteiger partial charge in [0.05, 0.1) is 0 Å². The molecule has 0 aliphatic carbocycles. The monoisotopic (exact) mass is 219 g/mol. The number of aromatic nitrogens is 2. The van der Waals surface area contributed by atoms with E-state index in [4.69, 9.17) is 12.6 Å². The Morgan fingerprint density at radius 2 is 2.00 bits per heavy atom. The lowest BCUT2D eigenvalue weighted by Crippen LogP contribution is -1.80. The first-order valence-corrected chi connectivity index (χ1v) is 5.28. The Morgan fingerprint density at radius 3 is 2.71 bits per heavy atom. The predicted molar refractivity (Wildman–Crippen MR) is 58.5 cm³/mol. The Bertz CT molecular complexity index is 417. The molecule has 2 rings (SSSR count). The van der Waals surface area contributed by atoms with Crippen molar-refractivity contribution in [3.63, 3.8) is 0 Å². The lowest BCUT2D eigenvalue weighted by atomic mass is 10.5. The maximum absolute atomic E-state index is 5.10. The van der Waals surface area contributed by atoms with Gasteiger partial charge in [0, 0.05) is 28.4 Å². The van der Waals surface area contributed by atoms with Crippen LogP contribution in [0.15, 0.2) is 57.7 Å². The molecule has 1 radical (unpaired) electrons. The third kappa shape index (κ3) is 2.21. The summed E-state index contributed by atoms with van der Waals surface area (Å²) in [6, 6.07) is 7.75. The van der Waals surface area contributed by atoms with Crippen LogP contribution in [0.1, 0.15) is 0 Å². The zero-order chi connectivity index (χ0) is 9.80. The maximum atomic E-state index is 5.10. The number of nitrogens with zero attached hydrogens (tertiary/aromatic N) is 2. The molecule has 2 nitrogen and oxygen atoms in total. The normalized spacial score (nSPS) is 10.0. The largest absolute Gasteiger partial charge is 0.264 e. The second kappa shape index (κ2) is 4.39. The van der Waals surface area contributed by atoms with Gasteiger partial charge in [-0.1, -0.05) is 24.4 Å². The fourth-order valence-electron chi connectivity index (χ4n) is 0.988. The molecule has 0 unspecified atom stereocenters. The standard InChI is InChI=1S/C10H7N2S2/c13-10-9(4-2-6-12-10)14-8-3-1-5-11-7-8/h1-7H. The van der Waals surface area contributed by atoms with E-state index in [9.17, 15) is 0 Å². The highest BCUT2D eigenvalue weighted by atomic mass is 32.2.